The number of fused-ring (bicyclic) bond motifs is 1. The Bertz CT molecular complexity index is 1230. The molecule has 1 atom stereocenters. The average molecular weight is 449 g/mol. The van der Waals surface area contributed by atoms with Gasteiger partial charge in [-0.1, -0.05) is 70.5 Å². The highest BCUT2D eigenvalue weighted by molar-refractivity contribution is 9.10. The Hall–Kier alpha value is -3.18. The lowest BCUT2D eigenvalue weighted by atomic mass is 9.85. The predicted molar refractivity (Wildman–Crippen MR) is 116 cm³/mol. The van der Waals surface area contributed by atoms with Crippen molar-refractivity contribution < 1.29 is 14.3 Å². The van der Waals surface area contributed by atoms with Crippen LogP contribution >= 0.6 is 15.9 Å². The number of halogens is 1. The number of rotatable bonds is 5. The highest BCUT2D eigenvalue weighted by atomic mass is 79.9. The van der Waals surface area contributed by atoms with Crippen LogP contribution in [0.15, 0.2) is 92.5 Å². The lowest BCUT2D eigenvalue weighted by Gasteiger charge is -2.18. The molecular weight excluding hydrogens is 432 g/mol. The number of para-hydroxylation sites is 1. The molecule has 4 rings (SSSR count). The SMILES string of the molecule is O=C(CC(c1ccc(Br)cc1)c1c(O)c2ccccc2oc1=O)c1ccccc1. The summed E-state index contributed by atoms with van der Waals surface area (Å²) in [6, 6.07) is 23.1. The van der Waals surface area contributed by atoms with Crippen LogP contribution in [-0.4, -0.2) is 10.9 Å². The van der Waals surface area contributed by atoms with Gasteiger partial charge in [0, 0.05) is 22.4 Å². The molecule has 144 valence electrons. The maximum absolute atomic E-state index is 12.9. The summed E-state index contributed by atoms with van der Waals surface area (Å²) in [7, 11) is 0. The van der Waals surface area contributed by atoms with Gasteiger partial charge in [0.25, 0.3) is 0 Å². The molecule has 4 aromatic rings. The monoisotopic (exact) mass is 448 g/mol. The number of benzene rings is 3. The highest BCUT2D eigenvalue weighted by Crippen LogP contribution is 2.37. The lowest BCUT2D eigenvalue weighted by molar-refractivity contribution is 0.0977. The summed E-state index contributed by atoms with van der Waals surface area (Å²) in [4.78, 5) is 25.7. The van der Waals surface area contributed by atoms with Crippen molar-refractivity contribution in [2.24, 2.45) is 0 Å². The Labute approximate surface area is 175 Å². The fourth-order valence-electron chi connectivity index (χ4n) is 3.46. The van der Waals surface area contributed by atoms with Crippen molar-refractivity contribution in [3.05, 3.63) is 110 Å². The normalized spacial score (nSPS) is 12.0. The summed E-state index contributed by atoms with van der Waals surface area (Å²) in [5.74, 6) is -0.909. The van der Waals surface area contributed by atoms with Crippen LogP contribution in [-0.2, 0) is 0 Å². The van der Waals surface area contributed by atoms with E-state index in [1.165, 1.54) is 0 Å². The topological polar surface area (TPSA) is 67.5 Å². The van der Waals surface area contributed by atoms with Crippen LogP contribution in [0.4, 0.5) is 0 Å². The number of carbonyl (C=O) groups excluding carboxylic acids is 1. The molecule has 0 radical (unpaired) electrons. The minimum Gasteiger partial charge on any atom is -0.507 e. The first-order valence-corrected chi connectivity index (χ1v) is 9.92. The molecule has 0 aliphatic heterocycles. The molecule has 5 heteroatoms. The van der Waals surface area contributed by atoms with Crippen LogP contribution in [0, 0.1) is 0 Å². The zero-order valence-electron chi connectivity index (χ0n) is 15.3. The van der Waals surface area contributed by atoms with Crippen molar-refractivity contribution in [2.45, 2.75) is 12.3 Å². The van der Waals surface area contributed by atoms with E-state index in [1.54, 1.807) is 48.5 Å². The second kappa shape index (κ2) is 8.05. The molecule has 1 heterocycles. The number of ketones is 1. The fraction of sp³-hybridized carbons (Fsp3) is 0.0833. The fourth-order valence-corrected chi connectivity index (χ4v) is 3.73. The van der Waals surface area contributed by atoms with Crippen LogP contribution in [0.3, 0.4) is 0 Å². The first kappa shape index (κ1) is 19.2. The Balaban J connectivity index is 1.87. The molecular formula is C24H17BrO4. The van der Waals surface area contributed by atoms with Crippen LogP contribution in [0.2, 0.25) is 0 Å². The minimum atomic E-state index is -0.644. The van der Waals surface area contributed by atoms with E-state index in [1.807, 2.05) is 30.3 Å². The van der Waals surface area contributed by atoms with Crippen molar-refractivity contribution in [1.82, 2.24) is 0 Å². The number of Topliss-reactive ketones (excluding diaryl/α,β-unsaturated/α-hetero) is 1. The van der Waals surface area contributed by atoms with Gasteiger partial charge in [0.2, 0.25) is 0 Å². The molecule has 0 aliphatic carbocycles. The largest absolute Gasteiger partial charge is 0.507 e. The Morgan fingerprint density at radius 2 is 1.59 bits per heavy atom. The zero-order chi connectivity index (χ0) is 20.4. The molecule has 0 bridgehead atoms. The highest BCUT2D eigenvalue weighted by Gasteiger charge is 2.27. The van der Waals surface area contributed by atoms with Crippen molar-refractivity contribution in [2.75, 3.05) is 0 Å². The number of hydrogen-bond acceptors (Lipinski definition) is 4. The van der Waals surface area contributed by atoms with Crippen LogP contribution < -0.4 is 5.63 Å². The van der Waals surface area contributed by atoms with Crippen LogP contribution in [0.1, 0.15) is 33.8 Å². The van der Waals surface area contributed by atoms with E-state index in [-0.39, 0.29) is 23.5 Å². The first-order valence-electron chi connectivity index (χ1n) is 9.13. The molecule has 1 aromatic heterocycles. The van der Waals surface area contributed by atoms with E-state index in [4.69, 9.17) is 4.42 Å². The molecule has 0 saturated carbocycles. The molecule has 1 unspecified atom stereocenters. The average Bonchev–Trinajstić information content (AvgIpc) is 2.74. The van der Waals surface area contributed by atoms with Gasteiger partial charge in [0.1, 0.15) is 11.3 Å². The zero-order valence-corrected chi connectivity index (χ0v) is 16.9. The van der Waals surface area contributed by atoms with E-state index >= 15 is 0 Å². The van der Waals surface area contributed by atoms with Gasteiger partial charge >= 0.3 is 5.63 Å². The predicted octanol–water partition coefficient (Wildman–Crippen LogP) is 5.67. The first-order chi connectivity index (χ1) is 14.0. The number of aromatic hydroxyl groups is 1. The summed E-state index contributed by atoms with van der Waals surface area (Å²) in [5.41, 5.74) is 1.06. The summed E-state index contributed by atoms with van der Waals surface area (Å²) < 4.78 is 6.33. The summed E-state index contributed by atoms with van der Waals surface area (Å²) in [5, 5.41) is 11.4. The molecule has 0 fully saturated rings. The molecule has 0 aliphatic rings. The molecule has 0 amide bonds. The van der Waals surface area contributed by atoms with Gasteiger partial charge in [0.15, 0.2) is 5.78 Å². The molecule has 0 saturated heterocycles. The Morgan fingerprint density at radius 1 is 0.931 bits per heavy atom. The van der Waals surface area contributed by atoms with E-state index in [9.17, 15) is 14.7 Å². The van der Waals surface area contributed by atoms with Crippen molar-refractivity contribution in [1.29, 1.82) is 0 Å². The van der Waals surface area contributed by atoms with Gasteiger partial charge in [0.05, 0.1) is 10.9 Å². The van der Waals surface area contributed by atoms with Crippen molar-refractivity contribution in [3.8, 4) is 5.75 Å². The van der Waals surface area contributed by atoms with E-state index in [0.717, 1.165) is 10.0 Å². The maximum atomic E-state index is 12.9. The van der Waals surface area contributed by atoms with E-state index in [2.05, 4.69) is 15.9 Å². The van der Waals surface area contributed by atoms with Crippen molar-refractivity contribution >= 4 is 32.7 Å². The van der Waals surface area contributed by atoms with Gasteiger partial charge in [-0.3, -0.25) is 4.79 Å². The quantitative estimate of drug-likeness (QED) is 0.315. The summed E-state index contributed by atoms with van der Waals surface area (Å²) in [6.45, 7) is 0. The van der Waals surface area contributed by atoms with E-state index < -0.39 is 11.5 Å². The van der Waals surface area contributed by atoms with Gasteiger partial charge in [-0.05, 0) is 29.8 Å². The van der Waals surface area contributed by atoms with Crippen LogP contribution in [0.25, 0.3) is 11.0 Å². The van der Waals surface area contributed by atoms with E-state index in [0.29, 0.717) is 16.5 Å². The van der Waals surface area contributed by atoms with Gasteiger partial charge < -0.3 is 9.52 Å². The Kier molecular flexibility index (Phi) is 5.32. The Morgan fingerprint density at radius 3 is 2.31 bits per heavy atom. The lowest BCUT2D eigenvalue weighted by Crippen LogP contribution is -2.17. The summed E-state index contributed by atoms with van der Waals surface area (Å²) in [6.07, 6.45) is 0.0301. The number of hydrogen-bond donors (Lipinski definition) is 1. The minimum absolute atomic E-state index is 0.0301. The third-order valence-electron chi connectivity index (χ3n) is 4.93. The molecule has 3 aromatic carbocycles. The third kappa shape index (κ3) is 3.87. The van der Waals surface area contributed by atoms with Gasteiger partial charge in [-0.15, -0.1) is 0 Å². The van der Waals surface area contributed by atoms with Crippen molar-refractivity contribution in [3.63, 3.8) is 0 Å². The van der Waals surface area contributed by atoms with Crippen LogP contribution in [0.5, 0.6) is 5.75 Å². The number of carbonyl (C=O) groups is 1. The standard InChI is InChI=1S/C24H17BrO4/c25-17-12-10-15(11-13-17)19(14-20(26)16-6-2-1-3-7-16)22-23(27)18-8-4-5-9-21(18)29-24(22)28/h1-13,19,27H,14H2. The molecule has 29 heavy (non-hydrogen) atoms. The summed E-state index contributed by atoms with van der Waals surface area (Å²) >= 11 is 3.40. The second-order valence-corrected chi connectivity index (χ2v) is 7.66. The second-order valence-electron chi connectivity index (χ2n) is 6.75. The molecule has 0 spiro atoms. The molecule has 1 N–H and O–H groups in total. The smallest absolute Gasteiger partial charge is 0.343 e. The maximum Gasteiger partial charge on any atom is 0.343 e. The van der Waals surface area contributed by atoms with Gasteiger partial charge in [-0.2, -0.15) is 0 Å². The molecule has 4 nitrogen and oxygen atoms in total. The third-order valence-corrected chi connectivity index (χ3v) is 5.45. The van der Waals surface area contributed by atoms with Gasteiger partial charge in [-0.25, -0.2) is 4.79 Å².